The first kappa shape index (κ1) is 11.8. The third-order valence-corrected chi connectivity index (χ3v) is 3.51. The van der Waals surface area contributed by atoms with Crippen LogP contribution in [-0.2, 0) is 0 Å². The normalized spacial score (nSPS) is 10.9. The maximum absolute atomic E-state index is 5.42. The van der Waals surface area contributed by atoms with Crippen LogP contribution in [0.2, 0.25) is 0 Å². The third-order valence-electron chi connectivity index (χ3n) is 3.51. The van der Waals surface area contributed by atoms with Gasteiger partial charge in [-0.2, -0.15) is 0 Å². The fraction of sp³-hybridized carbons (Fsp3) is 0.188. The predicted molar refractivity (Wildman–Crippen MR) is 77.1 cm³/mol. The van der Waals surface area contributed by atoms with E-state index in [2.05, 4.69) is 35.5 Å². The summed E-state index contributed by atoms with van der Waals surface area (Å²) in [6, 6.07) is 12.3. The molecule has 0 aliphatic heterocycles. The summed E-state index contributed by atoms with van der Waals surface area (Å²) < 4.78 is 7.49. The van der Waals surface area contributed by atoms with Crippen LogP contribution in [0, 0.1) is 13.8 Å². The van der Waals surface area contributed by atoms with Crippen LogP contribution in [-0.4, -0.2) is 16.7 Å². The van der Waals surface area contributed by atoms with Gasteiger partial charge in [0, 0.05) is 0 Å². The van der Waals surface area contributed by atoms with Gasteiger partial charge in [0.25, 0.3) is 0 Å². The van der Waals surface area contributed by atoms with Crippen LogP contribution in [0.4, 0.5) is 0 Å². The van der Waals surface area contributed by atoms with Crippen molar-refractivity contribution in [3.8, 4) is 11.4 Å². The zero-order valence-electron chi connectivity index (χ0n) is 11.3. The Balaban J connectivity index is 2.28. The standard InChI is InChI=1S/C16H16N2O/c1-11-8-13-15(9-12(11)2)18(10-17-13)14-6-4-5-7-16(14)19-3/h4-10H,1-3H3. The molecule has 0 atom stereocenters. The van der Waals surface area contributed by atoms with Crippen molar-refractivity contribution in [1.82, 2.24) is 9.55 Å². The molecule has 1 heterocycles. The van der Waals surface area contributed by atoms with Crippen LogP contribution in [0.5, 0.6) is 5.75 Å². The van der Waals surface area contributed by atoms with Crippen molar-refractivity contribution in [1.29, 1.82) is 0 Å². The molecule has 19 heavy (non-hydrogen) atoms. The van der Waals surface area contributed by atoms with Gasteiger partial charge in [-0.15, -0.1) is 0 Å². The number of methoxy groups -OCH3 is 1. The molecule has 3 heteroatoms. The van der Waals surface area contributed by atoms with Gasteiger partial charge in [0.2, 0.25) is 0 Å². The third kappa shape index (κ3) is 1.87. The molecular weight excluding hydrogens is 236 g/mol. The summed E-state index contributed by atoms with van der Waals surface area (Å²) in [4.78, 5) is 4.48. The summed E-state index contributed by atoms with van der Waals surface area (Å²) >= 11 is 0. The molecular formula is C16H16N2O. The lowest BCUT2D eigenvalue weighted by Gasteiger charge is -2.10. The molecule has 3 rings (SSSR count). The molecule has 0 spiro atoms. The predicted octanol–water partition coefficient (Wildman–Crippen LogP) is 3.65. The number of benzene rings is 2. The second-order valence-corrected chi connectivity index (χ2v) is 4.71. The Morgan fingerprint density at radius 2 is 1.79 bits per heavy atom. The van der Waals surface area contributed by atoms with Crippen molar-refractivity contribution in [2.75, 3.05) is 7.11 Å². The van der Waals surface area contributed by atoms with Gasteiger partial charge in [-0.3, -0.25) is 4.57 Å². The second kappa shape index (κ2) is 4.43. The van der Waals surface area contributed by atoms with E-state index in [0.29, 0.717) is 0 Å². The number of aryl methyl sites for hydroxylation is 2. The minimum atomic E-state index is 0.847. The molecule has 0 saturated carbocycles. The maximum atomic E-state index is 5.42. The number of nitrogens with zero attached hydrogens (tertiary/aromatic N) is 2. The number of hydrogen-bond acceptors (Lipinski definition) is 2. The van der Waals surface area contributed by atoms with Crippen molar-refractivity contribution >= 4 is 11.0 Å². The number of para-hydroxylation sites is 2. The largest absolute Gasteiger partial charge is 0.495 e. The van der Waals surface area contributed by atoms with Crippen molar-refractivity contribution in [3.05, 3.63) is 53.9 Å². The number of fused-ring (bicyclic) bond motifs is 1. The topological polar surface area (TPSA) is 27.1 Å². The Kier molecular flexibility index (Phi) is 2.75. The highest BCUT2D eigenvalue weighted by Crippen LogP contribution is 2.27. The number of hydrogen-bond donors (Lipinski definition) is 0. The van der Waals surface area contributed by atoms with Crippen LogP contribution in [0.25, 0.3) is 16.7 Å². The van der Waals surface area contributed by atoms with E-state index >= 15 is 0 Å². The highest BCUT2D eigenvalue weighted by atomic mass is 16.5. The van der Waals surface area contributed by atoms with Crippen LogP contribution in [0.3, 0.4) is 0 Å². The van der Waals surface area contributed by atoms with Gasteiger partial charge in [0.15, 0.2) is 0 Å². The first-order valence-corrected chi connectivity index (χ1v) is 6.28. The highest BCUT2D eigenvalue weighted by Gasteiger charge is 2.09. The number of ether oxygens (including phenoxy) is 1. The summed E-state index contributed by atoms with van der Waals surface area (Å²) in [5.74, 6) is 0.847. The molecule has 0 aliphatic carbocycles. The van der Waals surface area contributed by atoms with Gasteiger partial charge in [0.05, 0.1) is 23.8 Å². The molecule has 0 saturated heterocycles. The summed E-state index contributed by atoms with van der Waals surface area (Å²) in [6.07, 6.45) is 1.85. The Hall–Kier alpha value is -2.29. The van der Waals surface area contributed by atoms with Crippen molar-refractivity contribution < 1.29 is 4.74 Å². The summed E-state index contributed by atoms with van der Waals surface area (Å²) in [5.41, 5.74) is 5.65. The smallest absolute Gasteiger partial charge is 0.142 e. The first-order chi connectivity index (χ1) is 9.20. The zero-order valence-corrected chi connectivity index (χ0v) is 11.3. The molecule has 2 aromatic carbocycles. The molecule has 3 nitrogen and oxygen atoms in total. The summed E-state index contributed by atoms with van der Waals surface area (Å²) in [6.45, 7) is 4.23. The van der Waals surface area contributed by atoms with Gasteiger partial charge in [-0.05, 0) is 49.2 Å². The van der Waals surface area contributed by atoms with Gasteiger partial charge in [-0.1, -0.05) is 12.1 Å². The van der Waals surface area contributed by atoms with E-state index in [0.717, 1.165) is 22.5 Å². The van der Waals surface area contributed by atoms with E-state index in [1.54, 1.807) is 7.11 Å². The Morgan fingerprint density at radius 3 is 2.58 bits per heavy atom. The number of imidazole rings is 1. The molecule has 0 bridgehead atoms. The molecule has 0 amide bonds. The lowest BCUT2D eigenvalue weighted by Crippen LogP contribution is -1.96. The lowest BCUT2D eigenvalue weighted by molar-refractivity contribution is 0.413. The van der Waals surface area contributed by atoms with Crippen molar-refractivity contribution in [3.63, 3.8) is 0 Å². The van der Waals surface area contributed by atoms with Crippen LogP contribution >= 0.6 is 0 Å². The van der Waals surface area contributed by atoms with Crippen molar-refractivity contribution in [2.45, 2.75) is 13.8 Å². The van der Waals surface area contributed by atoms with E-state index in [1.165, 1.54) is 11.1 Å². The Bertz CT molecular complexity index is 744. The van der Waals surface area contributed by atoms with Gasteiger partial charge >= 0.3 is 0 Å². The lowest BCUT2D eigenvalue weighted by atomic mass is 10.1. The highest BCUT2D eigenvalue weighted by molar-refractivity contribution is 5.79. The fourth-order valence-electron chi connectivity index (χ4n) is 2.28. The molecule has 0 N–H and O–H groups in total. The summed E-state index contributed by atoms with van der Waals surface area (Å²) in [5, 5.41) is 0. The second-order valence-electron chi connectivity index (χ2n) is 4.71. The molecule has 1 aromatic heterocycles. The number of aromatic nitrogens is 2. The van der Waals surface area contributed by atoms with Crippen LogP contribution < -0.4 is 4.74 Å². The first-order valence-electron chi connectivity index (χ1n) is 6.28. The molecule has 96 valence electrons. The minimum Gasteiger partial charge on any atom is -0.495 e. The van der Waals surface area contributed by atoms with Crippen LogP contribution in [0.15, 0.2) is 42.7 Å². The van der Waals surface area contributed by atoms with E-state index < -0.39 is 0 Å². The molecule has 0 fully saturated rings. The molecule has 3 aromatic rings. The van der Waals surface area contributed by atoms with E-state index in [1.807, 2.05) is 30.6 Å². The molecule has 0 radical (unpaired) electrons. The zero-order chi connectivity index (χ0) is 13.4. The molecule has 0 unspecified atom stereocenters. The summed E-state index contributed by atoms with van der Waals surface area (Å²) in [7, 11) is 1.69. The minimum absolute atomic E-state index is 0.847. The van der Waals surface area contributed by atoms with E-state index in [-0.39, 0.29) is 0 Å². The van der Waals surface area contributed by atoms with Gasteiger partial charge in [-0.25, -0.2) is 4.98 Å². The van der Waals surface area contributed by atoms with E-state index in [4.69, 9.17) is 4.74 Å². The van der Waals surface area contributed by atoms with Crippen LogP contribution in [0.1, 0.15) is 11.1 Å². The Morgan fingerprint density at radius 1 is 1.05 bits per heavy atom. The van der Waals surface area contributed by atoms with E-state index in [9.17, 15) is 0 Å². The molecule has 0 aliphatic rings. The monoisotopic (exact) mass is 252 g/mol. The Labute approximate surface area is 112 Å². The van der Waals surface area contributed by atoms with Gasteiger partial charge < -0.3 is 4.74 Å². The average molecular weight is 252 g/mol. The SMILES string of the molecule is COc1ccccc1-n1cnc2cc(C)c(C)cc21. The quantitative estimate of drug-likeness (QED) is 0.696. The number of rotatable bonds is 2. The maximum Gasteiger partial charge on any atom is 0.142 e. The van der Waals surface area contributed by atoms with Gasteiger partial charge in [0.1, 0.15) is 12.1 Å². The van der Waals surface area contributed by atoms with Crippen molar-refractivity contribution in [2.24, 2.45) is 0 Å². The fourth-order valence-corrected chi connectivity index (χ4v) is 2.28. The average Bonchev–Trinajstić information content (AvgIpc) is 2.82.